The molecule has 0 aliphatic heterocycles. The van der Waals surface area contributed by atoms with Gasteiger partial charge in [-0.05, 0) is 6.07 Å². The monoisotopic (exact) mass is 170 g/mol. The summed E-state index contributed by atoms with van der Waals surface area (Å²) in [5.41, 5.74) is 0. The Morgan fingerprint density at radius 2 is 2.45 bits per heavy atom. The van der Waals surface area contributed by atoms with Gasteiger partial charge in [0.1, 0.15) is 12.2 Å². The van der Waals surface area contributed by atoms with E-state index in [1.54, 1.807) is 6.07 Å². The summed E-state index contributed by atoms with van der Waals surface area (Å²) in [6, 6.07) is 1.59. The molecule has 1 N–H and O–H groups in total. The lowest BCUT2D eigenvalue weighted by atomic mass is 10.4. The first-order valence-corrected chi connectivity index (χ1v) is 3.36. The zero-order valence-electron chi connectivity index (χ0n) is 5.56. The van der Waals surface area contributed by atoms with E-state index in [0.717, 1.165) is 0 Å². The van der Waals surface area contributed by atoms with Gasteiger partial charge in [0.05, 0.1) is 5.03 Å². The van der Waals surface area contributed by atoms with E-state index in [-0.39, 0.29) is 12.2 Å². The lowest BCUT2D eigenvalue weighted by Gasteiger charge is -1.94. The van der Waals surface area contributed by atoms with Crippen LogP contribution in [0.5, 0.6) is 0 Å². The van der Waals surface area contributed by atoms with Crippen molar-refractivity contribution in [1.82, 2.24) is 9.97 Å². The topological polar surface area (TPSA) is 63.1 Å². The molecule has 0 bridgehead atoms. The van der Waals surface area contributed by atoms with Crippen LogP contribution in [0, 0.1) is 0 Å². The highest BCUT2D eigenvalue weighted by atomic mass is 32.1. The van der Waals surface area contributed by atoms with Crippen LogP contribution in [0.25, 0.3) is 0 Å². The molecule has 1 aromatic heterocycles. The average molecular weight is 170 g/mol. The van der Waals surface area contributed by atoms with Gasteiger partial charge in [0.2, 0.25) is 0 Å². The summed E-state index contributed by atoms with van der Waals surface area (Å²) in [5, 5.41) is 8.84. The molecular formula is C6H6N2O2S. The number of carbonyl (C=O) groups is 1. The van der Waals surface area contributed by atoms with E-state index in [1.807, 2.05) is 0 Å². The van der Waals surface area contributed by atoms with E-state index in [0.29, 0.717) is 5.03 Å². The van der Waals surface area contributed by atoms with Crippen LogP contribution in [0.1, 0.15) is 5.82 Å². The van der Waals surface area contributed by atoms with Gasteiger partial charge in [-0.1, -0.05) is 0 Å². The van der Waals surface area contributed by atoms with Crippen molar-refractivity contribution in [3.8, 4) is 0 Å². The molecule has 0 saturated carbocycles. The lowest BCUT2D eigenvalue weighted by molar-refractivity contribution is -0.136. The fraction of sp³-hybridized carbons (Fsp3) is 0.167. The summed E-state index contributed by atoms with van der Waals surface area (Å²) in [4.78, 5) is 17.7. The largest absolute Gasteiger partial charge is 0.481 e. The molecule has 0 aliphatic carbocycles. The van der Waals surface area contributed by atoms with Crippen LogP contribution in [0.2, 0.25) is 0 Å². The van der Waals surface area contributed by atoms with Crippen LogP contribution < -0.4 is 0 Å². The number of rotatable bonds is 2. The smallest absolute Gasteiger partial charge is 0.311 e. The Morgan fingerprint density at radius 1 is 1.73 bits per heavy atom. The Kier molecular flexibility index (Phi) is 2.43. The molecule has 58 valence electrons. The van der Waals surface area contributed by atoms with Gasteiger partial charge < -0.3 is 5.11 Å². The van der Waals surface area contributed by atoms with Gasteiger partial charge >= 0.3 is 5.97 Å². The lowest BCUT2D eigenvalue weighted by Crippen LogP contribution is -2.04. The minimum Gasteiger partial charge on any atom is -0.481 e. The molecule has 0 spiro atoms. The number of hydrogen-bond donors (Lipinski definition) is 2. The fourth-order valence-electron chi connectivity index (χ4n) is 0.609. The molecule has 1 aromatic rings. The predicted molar refractivity (Wildman–Crippen MR) is 40.6 cm³/mol. The summed E-state index contributed by atoms with van der Waals surface area (Å²) in [6.45, 7) is 0. The van der Waals surface area contributed by atoms with E-state index in [2.05, 4.69) is 22.6 Å². The summed E-state index contributed by atoms with van der Waals surface area (Å²) in [7, 11) is 0. The zero-order valence-corrected chi connectivity index (χ0v) is 6.45. The second-order valence-corrected chi connectivity index (χ2v) is 2.36. The van der Waals surface area contributed by atoms with E-state index >= 15 is 0 Å². The van der Waals surface area contributed by atoms with Crippen LogP contribution in [0.3, 0.4) is 0 Å². The third-order valence-electron chi connectivity index (χ3n) is 1.00. The van der Waals surface area contributed by atoms with Crippen LogP contribution in [0.4, 0.5) is 0 Å². The zero-order chi connectivity index (χ0) is 8.27. The number of aromatic nitrogens is 2. The molecule has 0 aromatic carbocycles. The van der Waals surface area contributed by atoms with Crippen molar-refractivity contribution in [2.24, 2.45) is 0 Å². The van der Waals surface area contributed by atoms with E-state index in [9.17, 15) is 4.79 Å². The minimum atomic E-state index is -0.941. The maximum atomic E-state index is 10.2. The van der Waals surface area contributed by atoms with Gasteiger partial charge in [-0.3, -0.25) is 4.79 Å². The summed E-state index contributed by atoms with van der Waals surface area (Å²) >= 11 is 3.93. The van der Waals surface area contributed by atoms with Crippen molar-refractivity contribution >= 4 is 18.6 Å². The molecule has 1 rings (SSSR count). The first-order chi connectivity index (χ1) is 5.18. The predicted octanol–water partition coefficient (Wildman–Crippen LogP) is 0.392. The quantitative estimate of drug-likeness (QED) is 0.498. The van der Waals surface area contributed by atoms with Gasteiger partial charge in [0.25, 0.3) is 0 Å². The van der Waals surface area contributed by atoms with Gasteiger partial charge in [0.15, 0.2) is 0 Å². The van der Waals surface area contributed by atoms with Gasteiger partial charge in [0, 0.05) is 6.20 Å². The van der Waals surface area contributed by atoms with E-state index in [1.165, 1.54) is 6.20 Å². The first-order valence-electron chi connectivity index (χ1n) is 2.91. The fourth-order valence-corrected chi connectivity index (χ4v) is 0.791. The molecule has 5 heteroatoms. The molecule has 0 radical (unpaired) electrons. The van der Waals surface area contributed by atoms with Crippen molar-refractivity contribution in [1.29, 1.82) is 0 Å². The van der Waals surface area contributed by atoms with Gasteiger partial charge in [-0.2, -0.15) is 0 Å². The highest BCUT2D eigenvalue weighted by Crippen LogP contribution is 1.99. The third kappa shape index (κ3) is 2.55. The van der Waals surface area contributed by atoms with Crippen molar-refractivity contribution in [2.75, 3.05) is 0 Å². The van der Waals surface area contributed by atoms with Crippen molar-refractivity contribution in [2.45, 2.75) is 11.4 Å². The Hall–Kier alpha value is -1.10. The Labute approximate surface area is 68.7 Å². The molecule has 0 atom stereocenters. The maximum Gasteiger partial charge on any atom is 0.311 e. The second kappa shape index (κ2) is 3.34. The Morgan fingerprint density at radius 3 is 3.00 bits per heavy atom. The molecule has 4 nitrogen and oxygen atoms in total. The number of hydrogen-bond acceptors (Lipinski definition) is 4. The van der Waals surface area contributed by atoms with E-state index in [4.69, 9.17) is 5.11 Å². The Bertz CT molecular complexity index is 277. The first kappa shape index (κ1) is 8.00. The average Bonchev–Trinajstić information content (AvgIpc) is 1.85. The number of carboxylic acids is 1. The van der Waals surface area contributed by atoms with Crippen molar-refractivity contribution < 1.29 is 9.90 Å². The highest BCUT2D eigenvalue weighted by molar-refractivity contribution is 7.80. The normalized spacial score (nSPS) is 9.55. The molecular weight excluding hydrogens is 164 g/mol. The molecule has 0 saturated heterocycles. The van der Waals surface area contributed by atoms with Crippen LogP contribution in [-0.4, -0.2) is 21.0 Å². The molecule has 0 amide bonds. The molecule has 11 heavy (non-hydrogen) atoms. The van der Waals surface area contributed by atoms with Gasteiger partial charge in [-0.25, -0.2) is 9.97 Å². The molecule has 0 aliphatic rings. The molecule has 0 fully saturated rings. The standard InChI is InChI=1S/C6H6N2O2S/c9-6(10)3-4-7-2-1-5(11)8-4/h1-2H,3H2,(H,9,10)(H,7,8,11). The number of thiol groups is 1. The summed E-state index contributed by atoms with van der Waals surface area (Å²) in [5.74, 6) is -0.658. The van der Waals surface area contributed by atoms with Crippen LogP contribution in [-0.2, 0) is 11.2 Å². The number of aliphatic carboxylic acids is 1. The minimum absolute atomic E-state index is 0.158. The third-order valence-corrected chi connectivity index (χ3v) is 1.25. The Balaban J connectivity index is 2.79. The second-order valence-electron chi connectivity index (χ2n) is 1.90. The number of nitrogens with zero attached hydrogens (tertiary/aromatic N) is 2. The summed E-state index contributed by atoms with van der Waals surface area (Å²) < 4.78 is 0. The number of carboxylic acid groups (broad SMARTS) is 1. The van der Waals surface area contributed by atoms with Gasteiger partial charge in [-0.15, -0.1) is 12.6 Å². The maximum absolute atomic E-state index is 10.2. The van der Waals surface area contributed by atoms with Crippen LogP contribution >= 0.6 is 12.6 Å². The highest BCUT2D eigenvalue weighted by Gasteiger charge is 2.02. The SMILES string of the molecule is O=C(O)Cc1nccc(S)n1. The van der Waals surface area contributed by atoms with Crippen molar-refractivity contribution in [3.63, 3.8) is 0 Å². The van der Waals surface area contributed by atoms with Crippen LogP contribution in [0.15, 0.2) is 17.3 Å². The molecule has 0 unspecified atom stereocenters. The summed E-state index contributed by atoms with van der Waals surface area (Å²) in [6.07, 6.45) is 1.32. The molecule has 1 heterocycles. The van der Waals surface area contributed by atoms with E-state index < -0.39 is 5.97 Å². The van der Waals surface area contributed by atoms with Crippen molar-refractivity contribution in [3.05, 3.63) is 18.1 Å².